The number of ether oxygens (including phenoxy) is 1. The summed E-state index contributed by atoms with van der Waals surface area (Å²) in [6, 6.07) is 17.8. The average molecular weight is 423 g/mol. The summed E-state index contributed by atoms with van der Waals surface area (Å²) in [5.74, 6) is 1.96. The summed E-state index contributed by atoms with van der Waals surface area (Å²) in [5, 5.41) is 18.2. The molecule has 1 aromatic heterocycles. The van der Waals surface area contributed by atoms with Crippen molar-refractivity contribution in [1.29, 1.82) is 5.26 Å². The Morgan fingerprint density at radius 2 is 2.00 bits per heavy atom. The number of nitriles is 1. The zero-order valence-corrected chi connectivity index (χ0v) is 16.8. The highest BCUT2D eigenvalue weighted by molar-refractivity contribution is 9.10. The van der Waals surface area contributed by atoms with Gasteiger partial charge in [-0.2, -0.15) is 5.26 Å². The maximum Gasteiger partial charge on any atom is 0.174 e. The maximum absolute atomic E-state index is 9.73. The molecule has 1 heterocycles. The van der Waals surface area contributed by atoms with E-state index < -0.39 is 0 Å². The fraction of sp³-hybridized carbons (Fsp3) is 0.190. The van der Waals surface area contributed by atoms with Crippen molar-refractivity contribution in [3.63, 3.8) is 0 Å². The van der Waals surface area contributed by atoms with Crippen LogP contribution in [-0.2, 0) is 7.05 Å². The molecule has 0 unspecified atom stereocenters. The lowest BCUT2D eigenvalue weighted by Crippen LogP contribution is -2.00. The van der Waals surface area contributed by atoms with Gasteiger partial charge in [0.25, 0.3) is 0 Å². The van der Waals surface area contributed by atoms with Crippen molar-refractivity contribution < 1.29 is 4.74 Å². The lowest BCUT2D eigenvalue weighted by atomic mass is 10.1. The SMILES string of the molecule is CCCOc1ccc(Br)cc1/C=C(/C#N)c1nnc(-c2ccccc2)n1C. The van der Waals surface area contributed by atoms with E-state index in [0.29, 0.717) is 23.8 Å². The summed E-state index contributed by atoms with van der Waals surface area (Å²) >= 11 is 3.48. The minimum atomic E-state index is 0.423. The van der Waals surface area contributed by atoms with Crippen LogP contribution in [0.4, 0.5) is 0 Å². The van der Waals surface area contributed by atoms with Gasteiger partial charge in [0.15, 0.2) is 11.6 Å². The molecule has 6 heteroatoms. The molecule has 0 atom stereocenters. The van der Waals surface area contributed by atoms with Gasteiger partial charge in [-0.05, 0) is 30.7 Å². The van der Waals surface area contributed by atoms with Crippen LogP contribution in [0, 0.1) is 11.3 Å². The predicted molar refractivity (Wildman–Crippen MR) is 110 cm³/mol. The van der Waals surface area contributed by atoms with E-state index >= 15 is 0 Å². The van der Waals surface area contributed by atoms with E-state index in [-0.39, 0.29) is 0 Å². The van der Waals surface area contributed by atoms with Crippen LogP contribution >= 0.6 is 15.9 Å². The van der Waals surface area contributed by atoms with E-state index in [1.165, 1.54) is 0 Å². The first-order valence-corrected chi connectivity index (χ1v) is 9.42. The molecule has 2 aromatic carbocycles. The lowest BCUT2D eigenvalue weighted by Gasteiger charge is -2.09. The minimum absolute atomic E-state index is 0.423. The van der Waals surface area contributed by atoms with Gasteiger partial charge in [-0.15, -0.1) is 10.2 Å². The molecular weight excluding hydrogens is 404 g/mol. The van der Waals surface area contributed by atoms with E-state index in [9.17, 15) is 5.26 Å². The molecule has 0 amide bonds. The molecule has 0 saturated heterocycles. The second-order valence-electron chi connectivity index (χ2n) is 5.97. The largest absolute Gasteiger partial charge is 0.493 e. The number of halogens is 1. The Morgan fingerprint density at radius 3 is 2.70 bits per heavy atom. The number of benzene rings is 2. The Kier molecular flexibility index (Phi) is 6.05. The van der Waals surface area contributed by atoms with Gasteiger partial charge in [-0.25, -0.2) is 0 Å². The Balaban J connectivity index is 2.03. The zero-order valence-electron chi connectivity index (χ0n) is 15.2. The fourth-order valence-electron chi connectivity index (χ4n) is 2.68. The first-order valence-electron chi connectivity index (χ1n) is 8.63. The van der Waals surface area contributed by atoms with E-state index in [1.54, 1.807) is 6.08 Å². The molecule has 0 saturated carbocycles. The molecular formula is C21H19BrN4O. The van der Waals surface area contributed by atoms with E-state index in [0.717, 1.165) is 27.8 Å². The number of hydrogen-bond acceptors (Lipinski definition) is 4. The van der Waals surface area contributed by atoms with Crippen molar-refractivity contribution in [1.82, 2.24) is 14.8 Å². The third-order valence-electron chi connectivity index (χ3n) is 4.00. The van der Waals surface area contributed by atoms with E-state index in [4.69, 9.17) is 4.74 Å². The molecule has 5 nitrogen and oxygen atoms in total. The smallest absolute Gasteiger partial charge is 0.174 e. The Morgan fingerprint density at radius 1 is 1.22 bits per heavy atom. The van der Waals surface area contributed by atoms with Gasteiger partial charge in [0.2, 0.25) is 0 Å². The van der Waals surface area contributed by atoms with Crippen molar-refractivity contribution in [3.05, 3.63) is 64.4 Å². The summed E-state index contributed by atoms with van der Waals surface area (Å²) in [6.07, 6.45) is 2.70. The van der Waals surface area contributed by atoms with Crippen LogP contribution in [0.2, 0.25) is 0 Å². The highest BCUT2D eigenvalue weighted by Gasteiger charge is 2.15. The molecule has 0 fully saturated rings. The highest BCUT2D eigenvalue weighted by atomic mass is 79.9. The van der Waals surface area contributed by atoms with Crippen molar-refractivity contribution >= 4 is 27.6 Å². The average Bonchev–Trinajstić information content (AvgIpc) is 3.07. The van der Waals surface area contributed by atoms with Crippen LogP contribution in [0.3, 0.4) is 0 Å². The third kappa shape index (κ3) is 4.26. The molecule has 0 bridgehead atoms. The van der Waals surface area contributed by atoms with Crippen LogP contribution in [-0.4, -0.2) is 21.4 Å². The first kappa shape index (κ1) is 18.9. The molecule has 136 valence electrons. The van der Waals surface area contributed by atoms with Gasteiger partial charge in [0, 0.05) is 22.6 Å². The van der Waals surface area contributed by atoms with Gasteiger partial charge >= 0.3 is 0 Å². The Hall–Kier alpha value is -2.91. The normalized spacial score (nSPS) is 11.3. The van der Waals surface area contributed by atoms with Crippen LogP contribution in [0.15, 0.2) is 53.0 Å². The standard InChI is InChI=1S/C21H19BrN4O/c1-3-11-27-19-10-9-18(22)13-16(19)12-17(14-23)21-25-24-20(26(21)2)15-7-5-4-6-8-15/h4-10,12-13H,3,11H2,1-2H3/b17-12-. The molecule has 0 aliphatic rings. The number of aromatic nitrogens is 3. The topological polar surface area (TPSA) is 63.7 Å². The van der Waals surface area contributed by atoms with E-state index in [2.05, 4.69) is 39.1 Å². The summed E-state index contributed by atoms with van der Waals surface area (Å²) in [5.41, 5.74) is 2.19. The van der Waals surface area contributed by atoms with Gasteiger partial charge < -0.3 is 9.30 Å². The highest BCUT2D eigenvalue weighted by Crippen LogP contribution is 2.28. The molecule has 0 N–H and O–H groups in total. The second-order valence-corrected chi connectivity index (χ2v) is 6.89. The van der Waals surface area contributed by atoms with Crippen LogP contribution in [0.5, 0.6) is 5.75 Å². The molecule has 3 rings (SSSR count). The fourth-order valence-corrected chi connectivity index (χ4v) is 3.06. The molecule has 0 aliphatic heterocycles. The van der Waals surface area contributed by atoms with Crippen LogP contribution in [0.25, 0.3) is 23.0 Å². The molecule has 0 radical (unpaired) electrons. The van der Waals surface area contributed by atoms with Crippen molar-refractivity contribution in [2.24, 2.45) is 7.05 Å². The first-order chi connectivity index (χ1) is 13.1. The predicted octanol–water partition coefficient (Wildman–Crippen LogP) is 5.10. The summed E-state index contributed by atoms with van der Waals surface area (Å²) in [6.45, 7) is 2.67. The van der Waals surface area contributed by atoms with Crippen molar-refractivity contribution in [2.75, 3.05) is 6.61 Å². The number of rotatable bonds is 6. The van der Waals surface area contributed by atoms with Crippen LogP contribution in [0.1, 0.15) is 24.7 Å². The van der Waals surface area contributed by atoms with Gasteiger partial charge in [0.1, 0.15) is 11.8 Å². The summed E-state index contributed by atoms with van der Waals surface area (Å²) in [4.78, 5) is 0. The molecule has 27 heavy (non-hydrogen) atoms. The van der Waals surface area contributed by atoms with E-state index in [1.807, 2.05) is 60.1 Å². The molecule has 3 aromatic rings. The van der Waals surface area contributed by atoms with Gasteiger partial charge in [-0.1, -0.05) is 53.2 Å². The van der Waals surface area contributed by atoms with Gasteiger partial charge in [0.05, 0.1) is 12.2 Å². The quantitative estimate of drug-likeness (QED) is 0.518. The number of hydrogen-bond donors (Lipinski definition) is 0. The second kappa shape index (κ2) is 8.65. The van der Waals surface area contributed by atoms with Gasteiger partial charge in [-0.3, -0.25) is 0 Å². The lowest BCUT2D eigenvalue weighted by molar-refractivity contribution is 0.317. The maximum atomic E-state index is 9.73. The third-order valence-corrected chi connectivity index (χ3v) is 4.49. The molecule has 0 aliphatic carbocycles. The zero-order chi connectivity index (χ0) is 19.2. The number of nitrogens with zero attached hydrogens (tertiary/aromatic N) is 4. The van der Waals surface area contributed by atoms with Crippen LogP contribution < -0.4 is 4.74 Å². The summed E-state index contributed by atoms with van der Waals surface area (Å²) in [7, 11) is 1.86. The van der Waals surface area contributed by atoms with Crippen molar-refractivity contribution in [3.8, 4) is 23.2 Å². The monoisotopic (exact) mass is 422 g/mol. The molecule has 0 spiro atoms. The number of allylic oxidation sites excluding steroid dienone is 1. The Labute approximate surface area is 167 Å². The summed E-state index contributed by atoms with van der Waals surface area (Å²) < 4.78 is 8.55. The van der Waals surface area contributed by atoms with Crippen molar-refractivity contribution in [2.45, 2.75) is 13.3 Å². The Bertz CT molecular complexity index is 1000. The minimum Gasteiger partial charge on any atom is -0.493 e.